The summed E-state index contributed by atoms with van der Waals surface area (Å²) in [6, 6.07) is 5.00. The zero-order chi connectivity index (χ0) is 26.1. The molecule has 37 heavy (non-hydrogen) atoms. The van der Waals surface area contributed by atoms with Crippen LogP contribution in [0, 0.1) is 0 Å². The second-order valence-electron chi connectivity index (χ2n) is 8.38. The SMILES string of the molecule is COc1cccc2c1nc(C(F)F)n2-c1nc(N2CCOCC2)nc(N2CCN(C(=O)C(Cl)Cl)CC2)n1. The fraction of sp³-hybridized carbons (Fsp3) is 0.500. The number of alkyl halides is 4. The van der Waals surface area contributed by atoms with Gasteiger partial charge in [0.2, 0.25) is 17.8 Å². The molecule has 15 heteroatoms. The molecule has 2 saturated heterocycles. The van der Waals surface area contributed by atoms with Gasteiger partial charge in [0.15, 0.2) is 10.7 Å². The molecule has 0 unspecified atom stereocenters. The second-order valence-corrected chi connectivity index (χ2v) is 9.48. The molecule has 11 nitrogen and oxygen atoms in total. The molecule has 0 bridgehead atoms. The minimum Gasteiger partial charge on any atom is -0.494 e. The lowest BCUT2D eigenvalue weighted by Gasteiger charge is -2.35. The van der Waals surface area contributed by atoms with E-state index in [1.807, 2.05) is 9.80 Å². The molecule has 1 aromatic carbocycles. The average Bonchev–Trinajstić information content (AvgIpc) is 3.33. The van der Waals surface area contributed by atoms with Crippen LogP contribution >= 0.6 is 23.2 Å². The number of rotatable bonds is 6. The number of hydrogen-bond acceptors (Lipinski definition) is 9. The van der Waals surface area contributed by atoms with Crippen molar-refractivity contribution in [2.24, 2.45) is 0 Å². The topological polar surface area (TPSA) is 102 Å². The highest BCUT2D eigenvalue weighted by Crippen LogP contribution is 2.32. The molecule has 0 atom stereocenters. The first-order valence-corrected chi connectivity index (χ1v) is 12.5. The summed E-state index contributed by atoms with van der Waals surface area (Å²) in [4.78, 5) is 34.4. The van der Waals surface area contributed by atoms with Crippen LogP contribution in [-0.4, -0.2) is 99.7 Å². The van der Waals surface area contributed by atoms with Gasteiger partial charge in [-0.15, -0.1) is 0 Å². The molecule has 2 fully saturated rings. The number of anilines is 2. The van der Waals surface area contributed by atoms with Crippen molar-refractivity contribution in [1.82, 2.24) is 29.4 Å². The van der Waals surface area contributed by atoms with E-state index in [0.29, 0.717) is 75.6 Å². The first-order chi connectivity index (χ1) is 17.9. The van der Waals surface area contributed by atoms with Crippen LogP contribution in [0.4, 0.5) is 20.7 Å². The first-order valence-electron chi connectivity index (χ1n) is 11.6. The van der Waals surface area contributed by atoms with Gasteiger partial charge in [0.1, 0.15) is 11.3 Å². The monoisotopic (exact) mass is 556 g/mol. The molecule has 2 aliphatic heterocycles. The predicted octanol–water partition coefficient (Wildman–Crippen LogP) is 2.45. The number of imidazole rings is 1. The number of halogens is 4. The number of hydrogen-bond donors (Lipinski definition) is 0. The quantitative estimate of drug-likeness (QED) is 0.423. The third-order valence-electron chi connectivity index (χ3n) is 6.24. The van der Waals surface area contributed by atoms with E-state index in [4.69, 9.17) is 32.7 Å². The number of piperazine rings is 1. The van der Waals surface area contributed by atoms with E-state index >= 15 is 0 Å². The van der Waals surface area contributed by atoms with Gasteiger partial charge in [0.25, 0.3) is 12.3 Å². The molecular formula is C22H24Cl2F2N8O3. The highest BCUT2D eigenvalue weighted by atomic mass is 35.5. The molecule has 0 radical (unpaired) electrons. The van der Waals surface area contributed by atoms with Crippen molar-refractivity contribution in [3.8, 4) is 11.7 Å². The van der Waals surface area contributed by atoms with Crippen molar-refractivity contribution < 1.29 is 23.0 Å². The van der Waals surface area contributed by atoms with E-state index in [9.17, 15) is 13.6 Å². The fourth-order valence-electron chi connectivity index (χ4n) is 4.37. The average molecular weight is 557 g/mol. The molecular weight excluding hydrogens is 533 g/mol. The number of amides is 1. The Bertz CT molecular complexity index is 1280. The van der Waals surface area contributed by atoms with Crippen LogP contribution in [0.25, 0.3) is 17.0 Å². The third kappa shape index (κ3) is 5.07. The maximum atomic E-state index is 14.2. The molecule has 3 aromatic rings. The van der Waals surface area contributed by atoms with Crippen molar-refractivity contribution in [2.75, 3.05) is 69.4 Å². The largest absolute Gasteiger partial charge is 0.494 e. The van der Waals surface area contributed by atoms with Crippen molar-refractivity contribution in [1.29, 1.82) is 0 Å². The molecule has 2 aromatic heterocycles. The summed E-state index contributed by atoms with van der Waals surface area (Å²) >= 11 is 11.5. The number of morpholine rings is 1. The highest BCUT2D eigenvalue weighted by molar-refractivity contribution is 6.53. The minimum atomic E-state index is -2.89. The number of nitrogens with zero attached hydrogens (tertiary/aromatic N) is 8. The van der Waals surface area contributed by atoms with Crippen molar-refractivity contribution in [3.05, 3.63) is 24.0 Å². The van der Waals surface area contributed by atoms with Crippen molar-refractivity contribution in [2.45, 2.75) is 11.3 Å². The summed E-state index contributed by atoms with van der Waals surface area (Å²) < 4.78 is 40.4. The van der Waals surface area contributed by atoms with Gasteiger partial charge < -0.3 is 24.2 Å². The van der Waals surface area contributed by atoms with Crippen LogP contribution in [0.2, 0.25) is 0 Å². The fourth-order valence-corrected chi connectivity index (χ4v) is 4.64. The van der Waals surface area contributed by atoms with Gasteiger partial charge in [-0.3, -0.25) is 9.36 Å². The molecule has 0 saturated carbocycles. The summed E-state index contributed by atoms with van der Waals surface area (Å²) in [5.74, 6) is 0.144. The van der Waals surface area contributed by atoms with E-state index < -0.39 is 17.1 Å². The van der Waals surface area contributed by atoms with Crippen LogP contribution in [-0.2, 0) is 9.53 Å². The van der Waals surface area contributed by atoms with Crippen LogP contribution in [0.15, 0.2) is 18.2 Å². The van der Waals surface area contributed by atoms with Crippen molar-refractivity contribution >= 4 is 52.0 Å². The van der Waals surface area contributed by atoms with E-state index in [2.05, 4.69) is 19.9 Å². The number of benzene rings is 1. The van der Waals surface area contributed by atoms with Gasteiger partial charge in [-0.05, 0) is 12.1 Å². The Balaban J connectivity index is 1.59. The minimum absolute atomic E-state index is 0.0117. The Kier molecular flexibility index (Phi) is 7.45. The molecule has 5 rings (SSSR count). The van der Waals surface area contributed by atoms with Crippen LogP contribution in [0.1, 0.15) is 12.2 Å². The van der Waals surface area contributed by atoms with Gasteiger partial charge >= 0.3 is 0 Å². The van der Waals surface area contributed by atoms with Gasteiger partial charge in [-0.2, -0.15) is 15.0 Å². The smallest absolute Gasteiger partial charge is 0.296 e. The lowest BCUT2D eigenvalue weighted by atomic mass is 10.3. The molecule has 0 spiro atoms. The van der Waals surface area contributed by atoms with Gasteiger partial charge in [0, 0.05) is 39.3 Å². The van der Waals surface area contributed by atoms with Gasteiger partial charge in [-0.25, -0.2) is 13.8 Å². The third-order valence-corrected chi connectivity index (χ3v) is 6.62. The zero-order valence-electron chi connectivity index (χ0n) is 19.9. The Morgan fingerprint density at radius 2 is 1.57 bits per heavy atom. The van der Waals surface area contributed by atoms with Gasteiger partial charge in [-0.1, -0.05) is 29.3 Å². The number of methoxy groups -OCH3 is 1. The molecule has 2 aliphatic rings. The summed E-state index contributed by atoms with van der Waals surface area (Å²) in [5.41, 5.74) is 0.657. The van der Waals surface area contributed by atoms with Crippen LogP contribution in [0.3, 0.4) is 0 Å². The second kappa shape index (κ2) is 10.8. The van der Waals surface area contributed by atoms with E-state index in [-0.39, 0.29) is 17.4 Å². The molecule has 4 heterocycles. The Morgan fingerprint density at radius 1 is 0.946 bits per heavy atom. The maximum absolute atomic E-state index is 14.2. The summed E-state index contributed by atoms with van der Waals surface area (Å²) in [6.45, 7) is 3.57. The summed E-state index contributed by atoms with van der Waals surface area (Å²) in [5, 5.41) is 0. The predicted molar refractivity (Wildman–Crippen MR) is 133 cm³/mol. The standard InChI is InChI=1S/C22H24Cl2F2N8O3/c1-36-14-4-2-3-13-15(14)27-18(17(25)26)34(13)22-29-20(28-21(30-22)33-9-11-37-12-10-33)32-7-5-31(6-8-32)19(35)16(23)24/h2-4,16-17H,5-12H2,1H3. The van der Waals surface area contributed by atoms with E-state index in [0.717, 1.165) is 0 Å². The normalized spacial score (nSPS) is 16.8. The van der Waals surface area contributed by atoms with Crippen molar-refractivity contribution in [3.63, 3.8) is 0 Å². The molecule has 198 valence electrons. The number of aromatic nitrogens is 5. The first kappa shape index (κ1) is 25.6. The number of fused-ring (bicyclic) bond motifs is 1. The lowest BCUT2D eigenvalue weighted by Crippen LogP contribution is -2.50. The molecule has 0 aliphatic carbocycles. The number of ether oxygens (including phenoxy) is 2. The number of carbonyl (C=O) groups is 1. The summed E-state index contributed by atoms with van der Waals surface area (Å²) in [7, 11) is 1.45. The summed E-state index contributed by atoms with van der Waals surface area (Å²) in [6.07, 6.45) is -2.89. The van der Waals surface area contributed by atoms with E-state index in [1.165, 1.54) is 11.7 Å². The molecule has 1 amide bonds. The van der Waals surface area contributed by atoms with Crippen LogP contribution in [0.5, 0.6) is 5.75 Å². The zero-order valence-corrected chi connectivity index (χ0v) is 21.4. The Morgan fingerprint density at radius 3 is 2.16 bits per heavy atom. The highest BCUT2D eigenvalue weighted by Gasteiger charge is 2.29. The maximum Gasteiger partial charge on any atom is 0.296 e. The number of para-hydroxylation sites is 1. The van der Waals surface area contributed by atoms with Crippen LogP contribution < -0.4 is 14.5 Å². The van der Waals surface area contributed by atoms with Gasteiger partial charge in [0.05, 0.1) is 25.8 Å². The molecule has 0 N–H and O–H groups in total. The Hall–Kier alpha value is -3.03. The van der Waals surface area contributed by atoms with E-state index in [1.54, 1.807) is 23.1 Å². The number of carbonyl (C=O) groups excluding carboxylic acids is 1. The lowest BCUT2D eigenvalue weighted by molar-refractivity contribution is -0.129. The Labute approximate surface area is 220 Å².